The summed E-state index contributed by atoms with van der Waals surface area (Å²) in [7, 11) is 0. The second-order valence-corrected chi connectivity index (χ2v) is 3.40. The second kappa shape index (κ2) is 5.11. The molecule has 1 aromatic carbocycles. The van der Waals surface area contributed by atoms with Gasteiger partial charge in [0.05, 0.1) is 12.0 Å². The minimum atomic E-state index is -1.02. The van der Waals surface area contributed by atoms with Gasteiger partial charge in [0.2, 0.25) is 0 Å². The summed E-state index contributed by atoms with van der Waals surface area (Å²) in [6.07, 6.45) is 2.82. The summed E-state index contributed by atoms with van der Waals surface area (Å²) < 4.78 is 0. The van der Waals surface area contributed by atoms with E-state index in [0.717, 1.165) is 5.56 Å². The smallest absolute Gasteiger partial charge is 0.336 e. The van der Waals surface area contributed by atoms with Crippen LogP contribution in [0.4, 0.5) is 0 Å². The quantitative estimate of drug-likeness (QED) is 0.815. The average molecular weight is 220 g/mol. The first-order valence-corrected chi connectivity index (χ1v) is 4.73. The normalized spacial score (nSPS) is 10.6. The molecule has 1 aromatic rings. The van der Waals surface area contributed by atoms with E-state index in [1.165, 1.54) is 12.2 Å². The van der Waals surface area contributed by atoms with E-state index >= 15 is 0 Å². The second-order valence-electron chi connectivity index (χ2n) is 3.40. The maximum Gasteiger partial charge on any atom is 0.336 e. The highest BCUT2D eigenvalue weighted by Crippen LogP contribution is 2.13. The zero-order chi connectivity index (χ0) is 12.1. The molecule has 0 aliphatic rings. The van der Waals surface area contributed by atoms with Crippen LogP contribution in [-0.4, -0.2) is 22.2 Å². The van der Waals surface area contributed by atoms with Gasteiger partial charge in [-0.05, 0) is 18.6 Å². The molecular formula is C12H12O4. The highest BCUT2D eigenvalue weighted by molar-refractivity contribution is 5.92. The van der Waals surface area contributed by atoms with Gasteiger partial charge in [-0.2, -0.15) is 0 Å². The average Bonchev–Trinajstić information content (AvgIpc) is 2.19. The molecule has 0 atom stereocenters. The van der Waals surface area contributed by atoms with Crippen LogP contribution in [0.3, 0.4) is 0 Å². The highest BCUT2D eigenvalue weighted by Gasteiger charge is 2.07. The van der Waals surface area contributed by atoms with Gasteiger partial charge in [0.15, 0.2) is 0 Å². The number of hydrogen-bond donors (Lipinski definition) is 2. The number of hydrogen-bond acceptors (Lipinski definition) is 2. The zero-order valence-corrected chi connectivity index (χ0v) is 8.80. The number of rotatable bonds is 4. The Balaban J connectivity index is 2.99. The molecule has 4 heteroatoms. The van der Waals surface area contributed by atoms with Crippen molar-refractivity contribution < 1.29 is 19.8 Å². The largest absolute Gasteiger partial charge is 0.481 e. The third-order valence-corrected chi connectivity index (χ3v) is 2.03. The molecular weight excluding hydrogens is 208 g/mol. The summed E-state index contributed by atoms with van der Waals surface area (Å²) in [6, 6.07) is 5.01. The lowest BCUT2D eigenvalue weighted by molar-refractivity contribution is -0.135. The van der Waals surface area contributed by atoms with E-state index in [0.29, 0.717) is 5.56 Å². The number of benzene rings is 1. The number of aryl methyl sites for hydroxylation is 1. The van der Waals surface area contributed by atoms with Gasteiger partial charge < -0.3 is 10.2 Å². The Hall–Kier alpha value is -2.10. The van der Waals surface area contributed by atoms with Gasteiger partial charge in [0.25, 0.3) is 0 Å². The zero-order valence-electron chi connectivity index (χ0n) is 8.80. The lowest BCUT2D eigenvalue weighted by Crippen LogP contribution is -2.00. The van der Waals surface area contributed by atoms with Crippen LogP contribution in [0, 0.1) is 6.92 Å². The fourth-order valence-electron chi connectivity index (χ4n) is 1.29. The summed E-state index contributed by atoms with van der Waals surface area (Å²) in [5.41, 5.74) is 1.55. The number of aliphatic carboxylic acids is 1. The maximum absolute atomic E-state index is 10.9. The van der Waals surface area contributed by atoms with Gasteiger partial charge in [-0.25, -0.2) is 4.79 Å². The fraction of sp³-hybridized carbons (Fsp3) is 0.167. The first kappa shape index (κ1) is 12.0. The van der Waals surface area contributed by atoms with Gasteiger partial charge in [0, 0.05) is 0 Å². The SMILES string of the molecule is Cc1ccc(C=CCC(=O)O)c(C(=O)O)c1. The lowest BCUT2D eigenvalue weighted by Gasteiger charge is -2.02. The molecule has 4 nitrogen and oxygen atoms in total. The Morgan fingerprint density at radius 2 is 2.00 bits per heavy atom. The van der Waals surface area contributed by atoms with Crippen LogP contribution in [0.5, 0.6) is 0 Å². The number of aromatic carboxylic acids is 1. The summed E-state index contributed by atoms with van der Waals surface area (Å²) in [5, 5.41) is 17.4. The van der Waals surface area contributed by atoms with Crippen molar-refractivity contribution in [3.05, 3.63) is 41.0 Å². The van der Waals surface area contributed by atoms with E-state index in [-0.39, 0.29) is 12.0 Å². The van der Waals surface area contributed by atoms with Crippen molar-refractivity contribution in [3.63, 3.8) is 0 Å². The summed E-state index contributed by atoms with van der Waals surface area (Å²) >= 11 is 0. The summed E-state index contributed by atoms with van der Waals surface area (Å²) in [5.74, 6) is -1.96. The van der Waals surface area contributed by atoms with E-state index in [4.69, 9.17) is 10.2 Å². The van der Waals surface area contributed by atoms with Crippen LogP contribution in [0.1, 0.15) is 27.9 Å². The Kier molecular flexibility index (Phi) is 3.83. The van der Waals surface area contributed by atoms with Crippen molar-refractivity contribution in [1.29, 1.82) is 0 Å². The predicted octanol–water partition coefficient (Wildman–Crippen LogP) is 2.18. The third-order valence-electron chi connectivity index (χ3n) is 2.03. The molecule has 0 aliphatic carbocycles. The van der Waals surface area contributed by atoms with Gasteiger partial charge in [0.1, 0.15) is 0 Å². The van der Waals surface area contributed by atoms with Crippen LogP contribution in [0.2, 0.25) is 0 Å². The van der Waals surface area contributed by atoms with Gasteiger partial charge in [-0.15, -0.1) is 0 Å². The molecule has 2 N–H and O–H groups in total. The summed E-state index contributed by atoms with van der Waals surface area (Å²) in [4.78, 5) is 21.2. The molecule has 0 bridgehead atoms. The van der Waals surface area contributed by atoms with Gasteiger partial charge >= 0.3 is 11.9 Å². The van der Waals surface area contributed by atoms with Gasteiger partial charge in [-0.1, -0.05) is 29.8 Å². The fourth-order valence-corrected chi connectivity index (χ4v) is 1.29. The molecule has 16 heavy (non-hydrogen) atoms. The predicted molar refractivity (Wildman–Crippen MR) is 59.4 cm³/mol. The van der Waals surface area contributed by atoms with E-state index in [9.17, 15) is 9.59 Å². The monoisotopic (exact) mass is 220 g/mol. The number of carboxylic acids is 2. The molecule has 0 radical (unpaired) electrons. The Bertz CT molecular complexity index is 446. The molecule has 84 valence electrons. The van der Waals surface area contributed by atoms with Crippen LogP contribution < -0.4 is 0 Å². The van der Waals surface area contributed by atoms with Crippen molar-refractivity contribution in [2.75, 3.05) is 0 Å². The molecule has 0 saturated carbocycles. The van der Waals surface area contributed by atoms with Crippen LogP contribution in [0.25, 0.3) is 6.08 Å². The molecule has 0 aromatic heterocycles. The Morgan fingerprint density at radius 1 is 1.31 bits per heavy atom. The number of carbonyl (C=O) groups is 2. The first-order chi connectivity index (χ1) is 7.50. The molecule has 0 spiro atoms. The van der Waals surface area contributed by atoms with E-state index in [1.54, 1.807) is 25.1 Å². The lowest BCUT2D eigenvalue weighted by atomic mass is 10.0. The Morgan fingerprint density at radius 3 is 2.56 bits per heavy atom. The van der Waals surface area contributed by atoms with E-state index in [2.05, 4.69) is 0 Å². The van der Waals surface area contributed by atoms with Crippen molar-refractivity contribution in [1.82, 2.24) is 0 Å². The summed E-state index contributed by atoms with van der Waals surface area (Å²) in [6.45, 7) is 1.80. The minimum Gasteiger partial charge on any atom is -0.481 e. The van der Waals surface area contributed by atoms with Crippen LogP contribution in [-0.2, 0) is 4.79 Å². The molecule has 0 heterocycles. The molecule has 1 rings (SSSR count). The first-order valence-electron chi connectivity index (χ1n) is 4.73. The van der Waals surface area contributed by atoms with Crippen molar-refractivity contribution >= 4 is 18.0 Å². The van der Waals surface area contributed by atoms with E-state index < -0.39 is 11.9 Å². The van der Waals surface area contributed by atoms with E-state index in [1.807, 2.05) is 0 Å². The Labute approximate surface area is 92.8 Å². The highest BCUT2D eigenvalue weighted by atomic mass is 16.4. The van der Waals surface area contributed by atoms with Crippen LogP contribution in [0.15, 0.2) is 24.3 Å². The maximum atomic E-state index is 10.9. The molecule has 0 saturated heterocycles. The molecule has 0 amide bonds. The molecule has 0 fully saturated rings. The minimum absolute atomic E-state index is 0.118. The van der Waals surface area contributed by atoms with Crippen LogP contribution >= 0.6 is 0 Å². The van der Waals surface area contributed by atoms with Crippen molar-refractivity contribution in [2.24, 2.45) is 0 Å². The standard InChI is InChI=1S/C12H12O4/c1-8-5-6-9(3-2-4-11(13)14)10(7-8)12(15)16/h2-3,5-7H,4H2,1H3,(H,13,14)(H,15,16). The molecule has 0 aliphatic heterocycles. The van der Waals surface area contributed by atoms with Crippen molar-refractivity contribution in [2.45, 2.75) is 13.3 Å². The van der Waals surface area contributed by atoms with Gasteiger partial charge in [-0.3, -0.25) is 4.79 Å². The molecule has 0 unspecified atom stereocenters. The number of carboxylic acid groups (broad SMARTS) is 2. The van der Waals surface area contributed by atoms with Crippen molar-refractivity contribution in [3.8, 4) is 0 Å². The topological polar surface area (TPSA) is 74.6 Å². The third kappa shape index (κ3) is 3.24.